The number of oxazole rings is 1. The van der Waals surface area contributed by atoms with Crippen molar-refractivity contribution in [3.63, 3.8) is 0 Å². The summed E-state index contributed by atoms with van der Waals surface area (Å²) in [5.74, 6) is 0.999. The molecule has 98 valence electrons. The van der Waals surface area contributed by atoms with Crippen LogP contribution in [0.15, 0.2) is 22.6 Å². The lowest BCUT2D eigenvalue weighted by atomic mass is 10.0. The Kier molecular flexibility index (Phi) is 2.55. The third-order valence-corrected chi connectivity index (χ3v) is 3.20. The minimum absolute atomic E-state index is 0.0240. The van der Waals surface area contributed by atoms with E-state index in [-0.39, 0.29) is 17.8 Å². The Balaban J connectivity index is 2.08. The van der Waals surface area contributed by atoms with E-state index in [1.807, 2.05) is 32.0 Å². The number of aromatic nitrogens is 1. The maximum absolute atomic E-state index is 11.4. The monoisotopic (exact) mass is 257 g/mol. The summed E-state index contributed by atoms with van der Waals surface area (Å²) in [7, 11) is 0. The fourth-order valence-electron chi connectivity index (χ4n) is 2.32. The molecule has 2 aromatic rings. The molecule has 2 heterocycles. The van der Waals surface area contributed by atoms with Gasteiger partial charge in [-0.3, -0.25) is 4.79 Å². The van der Waals surface area contributed by atoms with Crippen LogP contribution >= 0.6 is 0 Å². The van der Waals surface area contributed by atoms with E-state index in [4.69, 9.17) is 10.2 Å². The van der Waals surface area contributed by atoms with Crippen LogP contribution in [-0.2, 0) is 11.2 Å². The molecule has 0 atom stereocenters. The van der Waals surface area contributed by atoms with E-state index >= 15 is 0 Å². The molecule has 5 heteroatoms. The summed E-state index contributed by atoms with van der Waals surface area (Å²) in [4.78, 5) is 15.6. The molecule has 5 nitrogen and oxygen atoms in total. The molecule has 0 unspecified atom stereocenters. The summed E-state index contributed by atoms with van der Waals surface area (Å²) < 4.78 is 5.46. The van der Waals surface area contributed by atoms with Gasteiger partial charge in [-0.1, -0.05) is 19.9 Å². The van der Waals surface area contributed by atoms with Crippen LogP contribution in [0.25, 0.3) is 11.3 Å². The lowest BCUT2D eigenvalue weighted by molar-refractivity contribution is -0.115. The summed E-state index contributed by atoms with van der Waals surface area (Å²) >= 11 is 0. The van der Waals surface area contributed by atoms with Crippen molar-refractivity contribution in [1.82, 2.24) is 4.98 Å². The fraction of sp³-hybridized carbons (Fsp3) is 0.286. The van der Waals surface area contributed by atoms with Crippen molar-refractivity contribution in [2.45, 2.75) is 26.2 Å². The van der Waals surface area contributed by atoms with Gasteiger partial charge in [-0.25, -0.2) is 0 Å². The van der Waals surface area contributed by atoms with Crippen LogP contribution in [0, 0.1) is 0 Å². The third kappa shape index (κ3) is 1.97. The molecule has 19 heavy (non-hydrogen) atoms. The highest BCUT2D eigenvalue weighted by Crippen LogP contribution is 2.34. The molecule has 0 saturated heterocycles. The zero-order valence-corrected chi connectivity index (χ0v) is 10.9. The maximum Gasteiger partial charge on any atom is 0.292 e. The summed E-state index contributed by atoms with van der Waals surface area (Å²) in [6.45, 7) is 4.06. The van der Waals surface area contributed by atoms with E-state index in [1.54, 1.807) is 0 Å². The van der Waals surface area contributed by atoms with Crippen molar-refractivity contribution in [2.24, 2.45) is 0 Å². The van der Waals surface area contributed by atoms with Crippen molar-refractivity contribution in [1.29, 1.82) is 0 Å². The number of hydrogen-bond acceptors (Lipinski definition) is 4. The number of anilines is 2. The predicted octanol–water partition coefficient (Wildman–Crippen LogP) is 2.54. The number of amides is 1. The summed E-state index contributed by atoms with van der Waals surface area (Å²) in [6, 6.07) is 5.96. The van der Waals surface area contributed by atoms with Gasteiger partial charge in [0.25, 0.3) is 6.01 Å². The maximum atomic E-state index is 11.4. The molecule has 0 fully saturated rings. The Morgan fingerprint density at radius 1 is 1.42 bits per heavy atom. The molecule has 1 aliphatic heterocycles. The van der Waals surface area contributed by atoms with E-state index < -0.39 is 0 Å². The van der Waals surface area contributed by atoms with Crippen molar-refractivity contribution >= 4 is 17.6 Å². The highest BCUT2D eigenvalue weighted by Gasteiger charge is 2.21. The Hall–Kier alpha value is -2.30. The number of nitrogen functional groups attached to an aromatic ring is 1. The Morgan fingerprint density at radius 2 is 2.21 bits per heavy atom. The first-order chi connectivity index (χ1) is 9.04. The Labute approximate surface area is 110 Å². The zero-order valence-electron chi connectivity index (χ0n) is 10.9. The van der Waals surface area contributed by atoms with Gasteiger partial charge in [0.05, 0.1) is 6.42 Å². The van der Waals surface area contributed by atoms with Gasteiger partial charge in [-0.05, 0) is 17.7 Å². The van der Waals surface area contributed by atoms with Gasteiger partial charge in [0.1, 0.15) is 11.5 Å². The first kappa shape index (κ1) is 11.8. The number of hydrogen-bond donors (Lipinski definition) is 2. The minimum atomic E-state index is 0.0240. The second kappa shape index (κ2) is 4.12. The van der Waals surface area contributed by atoms with Crippen molar-refractivity contribution in [3.8, 4) is 11.3 Å². The first-order valence-corrected chi connectivity index (χ1v) is 6.24. The molecule has 1 aliphatic rings. The molecule has 0 saturated carbocycles. The minimum Gasteiger partial charge on any atom is -0.428 e. The van der Waals surface area contributed by atoms with E-state index in [0.29, 0.717) is 6.42 Å². The van der Waals surface area contributed by atoms with Gasteiger partial charge in [0.2, 0.25) is 5.91 Å². The Morgan fingerprint density at radius 3 is 2.95 bits per heavy atom. The second-order valence-electron chi connectivity index (χ2n) is 5.02. The SMILES string of the molecule is CC(C)c1oc(N)nc1-c1ccc2c(c1)CC(=O)N2. The number of fused-ring (bicyclic) bond motifs is 1. The quantitative estimate of drug-likeness (QED) is 0.866. The largest absolute Gasteiger partial charge is 0.428 e. The normalized spacial score (nSPS) is 13.7. The topological polar surface area (TPSA) is 81.2 Å². The van der Waals surface area contributed by atoms with Crippen LogP contribution in [0.3, 0.4) is 0 Å². The van der Waals surface area contributed by atoms with Gasteiger partial charge in [-0.15, -0.1) is 0 Å². The summed E-state index contributed by atoms with van der Waals surface area (Å²) in [5, 5.41) is 2.81. The van der Waals surface area contributed by atoms with E-state index in [9.17, 15) is 4.79 Å². The van der Waals surface area contributed by atoms with E-state index in [2.05, 4.69) is 10.3 Å². The molecular weight excluding hydrogens is 242 g/mol. The van der Waals surface area contributed by atoms with Crippen LogP contribution in [0.1, 0.15) is 31.1 Å². The molecule has 3 rings (SSSR count). The van der Waals surface area contributed by atoms with Gasteiger partial charge >= 0.3 is 0 Å². The number of benzene rings is 1. The molecule has 0 spiro atoms. The van der Waals surface area contributed by atoms with Crippen LogP contribution in [0.2, 0.25) is 0 Å². The molecule has 1 aromatic carbocycles. The average Bonchev–Trinajstić information content (AvgIpc) is 2.89. The number of carbonyl (C=O) groups excluding carboxylic acids is 1. The zero-order chi connectivity index (χ0) is 13.6. The molecule has 1 aromatic heterocycles. The number of carbonyl (C=O) groups is 1. The van der Waals surface area contributed by atoms with Gasteiger partial charge in [-0.2, -0.15) is 4.98 Å². The fourth-order valence-corrected chi connectivity index (χ4v) is 2.32. The molecule has 0 aliphatic carbocycles. The van der Waals surface area contributed by atoms with Gasteiger partial charge < -0.3 is 15.5 Å². The molecule has 3 N–H and O–H groups in total. The summed E-state index contributed by atoms with van der Waals surface area (Å²) in [6.07, 6.45) is 0.410. The van der Waals surface area contributed by atoms with Crippen LogP contribution in [0.5, 0.6) is 0 Å². The van der Waals surface area contributed by atoms with Crippen LogP contribution in [-0.4, -0.2) is 10.9 Å². The smallest absolute Gasteiger partial charge is 0.292 e. The highest BCUT2D eigenvalue weighted by molar-refractivity contribution is 5.99. The van der Waals surface area contributed by atoms with E-state index in [0.717, 1.165) is 28.3 Å². The lowest BCUT2D eigenvalue weighted by Gasteiger charge is -2.05. The van der Waals surface area contributed by atoms with E-state index in [1.165, 1.54) is 0 Å². The van der Waals surface area contributed by atoms with Gasteiger partial charge in [0.15, 0.2) is 0 Å². The number of nitrogens with zero attached hydrogens (tertiary/aromatic N) is 1. The number of nitrogens with two attached hydrogens (primary N) is 1. The second-order valence-corrected chi connectivity index (χ2v) is 5.02. The average molecular weight is 257 g/mol. The first-order valence-electron chi connectivity index (χ1n) is 6.24. The summed E-state index contributed by atoms with van der Waals surface area (Å²) in [5.41, 5.74) is 9.19. The molecule has 0 radical (unpaired) electrons. The standard InChI is InChI=1S/C14H15N3O2/c1-7(2)13-12(17-14(15)19-13)8-3-4-10-9(5-8)6-11(18)16-10/h3-5,7H,6H2,1-2H3,(H2,15,17)(H,16,18). The van der Waals surface area contributed by atoms with Gasteiger partial charge in [0, 0.05) is 17.2 Å². The van der Waals surface area contributed by atoms with Crippen LogP contribution in [0.4, 0.5) is 11.7 Å². The number of nitrogens with one attached hydrogen (secondary N) is 1. The van der Waals surface area contributed by atoms with Crippen molar-refractivity contribution < 1.29 is 9.21 Å². The lowest BCUT2D eigenvalue weighted by Crippen LogP contribution is -2.03. The number of rotatable bonds is 2. The van der Waals surface area contributed by atoms with Crippen molar-refractivity contribution in [3.05, 3.63) is 29.5 Å². The Bertz CT molecular complexity index is 659. The predicted molar refractivity (Wildman–Crippen MR) is 72.8 cm³/mol. The third-order valence-electron chi connectivity index (χ3n) is 3.20. The molecular formula is C14H15N3O2. The highest BCUT2D eigenvalue weighted by atomic mass is 16.4. The van der Waals surface area contributed by atoms with Crippen LogP contribution < -0.4 is 11.1 Å². The van der Waals surface area contributed by atoms with Crippen molar-refractivity contribution in [2.75, 3.05) is 11.1 Å². The molecule has 1 amide bonds. The molecule has 0 bridgehead atoms.